The Morgan fingerprint density at radius 1 is 1.08 bits per heavy atom. The van der Waals surface area contributed by atoms with Crippen molar-refractivity contribution in [1.82, 2.24) is 4.57 Å². The second-order valence-corrected chi connectivity index (χ2v) is 6.39. The third kappa shape index (κ3) is 2.85. The van der Waals surface area contributed by atoms with Crippen LogP contribution in [0.3, 0.4) is 0 Å². The third-order valence-corrected chi connectivity index (χ3v) is 4.14. The van der Waals surface area contributed by atoms with Gasteiger partial charge in [-0.1, -0.05) is 44.2 Å². The Kier molecular flexibility index (Phi) is 4.49. The maximum absolute atomic E-state index is 13.9. The molecule has 0 bridgehead atoms. The molecule has 0 fully saturated rings. The lowest BCUT2D eigenvalue weighted by atomic mass is 9.96. The monoisotopic (exact) mass is 324 g/mol. The topological polar surface area (TPSA) is 48.0 Å². The lowest BCUT2D eigenvalue weighted by Crippen LogP contribution is -2.28. The van der Waals surface area contributed by atoms with Crippen LogP contribution >= 0.6 is 0 Å². The summed E-state index contributed by atoms with van der Waals surface area (Å²) in [5.41, 5.74) is 8.42. The van der Waals surface area contributed by atoms with E-state index in [4.69, 9.17) is 5.73 Å². The van der Waals surface area contributed by atoms with Gasteiger partial charge in [0.05, 0.1) is 0 Å². The van der Waals surface area contributed by atoms with Crippen LogP contribution in [0.4, 0.5) is 4.39 Å². The molecule has 0 saturated heterocycles. The van der Waals surface area contributed by atoms with Crippen LogP contribution in [0, 0.1) is 11.7 Å². The molecule has 0 atom stereocenters. The average Bonchev–Trinajstić information content (AvgIpc) is 2.57. The van der Waals surface area contributed by atoms with E-state index in [0.717, 1.165) is 16.8 Å². The summed E-state index contributed by atoms with van der Waals surface area (Å²) in [6.45, 7) is 4.92. The first-order valence-corrected chi connectivity index (χ1v) is 8.13. The van der Waals surface area contributed by atoms with E-state index < -0.39 is 0 Å². The molecule has 2 N–H and O–H groups in total. The summed E-state index contributed by atoms with van der Waals surface area (Å²) in [5, 5.41) is 1.14. The molecule has 24 heavy (non-hydrogen) atoms. The zero-order chi connectivity index (χ0) is 17.3. The first kappa shape index (κ1) is 16.4. The molecule has 4 heteroatoms. The van der Waals surface area contributed by atoms with E-state index >= 15 is 0 Å². The quantitative estimate of drug-likeness (QED) is 0.790. The molecule has 0 aliphatic heterocycles. The maximum Gasteiger partial charge on any atom is 0.258 e. The van der Waals surface area contributed by atoms with Crippen LogP contribution in [0.15, 0.2) is 53.3 Å². The maximum atomic E-state index is 13.9. The van der Waals surface area contributed by atoms with Crippen LogP contribution in [0.25, 0.3) is 21.9 Å². The van der Waals surface area contributed by atoms with Gasteiger partial charge >= 0.3 is 0 Å². The zero-order valence-electron chi connectivity index (χ0n) is 13.9. The van der Waals surface area contributed by atoms with Crippen LogP contribution in [-0.2, 0) is 13.1 Å². The normalized spacial score (nSPS) is 11.4. The number of nitrogens with zero attached hydrogens (tertiary/aromatic N) is 1. The van der Waals surface area contributed by atoms with E-state index in [1.165, 1.54) is 12.1 Å². The second-order valence-electron chi connectivity index (χ2n) is 6.39. The van der Waals surface area contributed by atoms with Crippen molar-refractivity contribution in [2.24, 2.45) is 11.7 Å². The zero-order valence-corrected chi connectivity index (χ0v) is 13.9. The van der Waals surface area contributed by atoms with Crippen LogP contribution < -0.4 is 11.3 Å². The number of fused-ring (bicyclic) bond motifs is 1. The van der Waals surface area contributed by atoms with Crippen LogP contribution in [0.2, 0.25) is 0 Å². The van der Waals surface area contributed by atoms with Gasteiger partial charge in [-0.25, -0.2) is 4.39 Å². The number of rotatable bonds is 4. The van der Waals surface area contributed by atoms with E-state index in [-0.39, 0.29) is 17.9 Å². The van der Waals surface area contributed by atoms with E-state index in [1.54, 1.807) is 10.6 Å². The molecule has 0 amide bonds. The number of halogens is 1. The van der Waals surface area contributed by atoms with E-state index in [9.17, 15) is 9.18 Å². The number of nitrogens with two attached hydrogens (primary N) is 1. The Labute approximate surface area is 140 Å². The van der Waals surface area contributed by atoms with Gasteiger partial charge in [0.1, 0.15) is 5.82 Å². The molecule has 3 nitrogen and oxygen atoms in total. The molecule has 0 aliphatic carbocycles. The molecule has 2 aromatic carbocycles. The molecule has 0 spiro atoms. The van der Waals surface area contributed by atoms with Gasteiger partial charge in [0.2, 0.25) is 0 Å². The summed E-state index contributed by atoms with van der Waals surface area (Å²) in [6, 6.07) is 14.0. The Morgan fingerprint density at radius 2 is 1.79 bits per heavy atom. The van der Waals surface area contributed by atoms with Crippen molar-refractivity contribution >= 4 is 10.8 Å². The van der Waals surface area contributed by atoms with Gasteiger partial charge in [0.15, 0.2) is 0 Å². The number of benzene rings is 2. The minimum absolute atomic E-state index is 0.112. The van der Waals surface area contributed by atoms with Gasteiger partial charge < -0.3 is 10.3 Å². The predicted octanol–water partition coefficient (Wildman–Crippen LogP) is 3.92. The Bertz CT molecular complexity index is 930. The van der Waals surface area contributed by atoms with Gasteiger partial charge in [-0.05, 0) is 35.1 Å². The minimum atomic E-state index is -0.358. The van der Waals surface area contributed by atoms with Gasteiger partial charge in [-0.3, -0.25) is 4.79 Å². The van der Waals surface area contributed by atoms with Crippen molar-refractivity contribution in [3.05, 3.63) is 70.4 Å². The minimum Gasteiger partial charge on any atom is -0.325 e. The van der Waals surface area contributed by atoms with Crippen LogP contribution in [0.1, 0.15) is 19.5 Å². The highest BCUT2D eigenvalue weighted by atomic mass is 19.1. The Hall–Kier alpha value is -2.46. The van der Waals surface area contributed by atoms with Crippen molar-refractivity contribution in [3.63, 3.8) is 0 Å². The summed E-state index contributed by atoms with van der Waals surface area (Å²) in [7, 11) is 0. The van der Waals surface area contributed by atoms with E-state index in [2.05, 4.69) is 13.8 Å². The molecular formula is C20H21FN2O. The predicted molar refractivity (Wildman–Crippen MR) is 96.3 cm³/mol. The molecule has 1 aromatic heterocycles. The molecule has 3 rings (SSSR count). The first-order valence-electron chi connectivity index (χ1n) is 8.13. The molecule has 1 heterocycles. The van der Waals surface area contributed by atoms with Crippen molar-refractivity contribution < 1.29 is 4.39 Å². The second kappa shape index (κ2) is 6.57. The third-order valence-electron chi connectivity index (χ3n) is 4.14. The van der Waals surface area contributed by atoms with Gasteiger partial charge in [-0.2, -0.15) is 0 Å². The summed E-state index contributed by atoms with van der Waals surface area (Å²) in [4.78, 5) is 12.9. The van der Waals surface area contributed by atoms with Crippen molar-refractivity contribution in [2.45, 2.75) is 26.9 Å². The molecule has 0 unspecified atom stereocenters. The number of hydrogen-bond acceptors (Lipinski definition) is 2. The smallest absolute Gasteiger partial charge is 0.258 e. The number of aromatic nitrogens is 1. The van der Waals surface area contributed by atoms with Gasteiger partial charge in [0, 0.05) is 29.7 Å². The highest BCUT2D eigenvalue weighted by Crippen LogP contribution is 2.31. The van der Waals surface area contributed by atoms with Crippen LogP contribution in [-0.4, -0.2) is 4.57 Å². The highest BCUT2D eigenvalue weighted by molar-refractivity contribution is 5.97. The lowest BCUT2D eigenvalue weighted by Gasteiger charge is -2.20. The summed E-state index contributed by atoms with van der Waals surface area (Å²) < 4.78 is 15.6. The summed E-state index contributed by atoms with van der Waals surface area (Å²) in [5.74, 6) is -0.0572. The van der Waals surface area contributed by atoms with Crippen LogP contribution in [0.5, 0.6) is 0 Å². The molecular weight excluding hydrogens is 303 g/mol. The summed E-state index contributed by atoms with van der Waals surface area (Å²) in [6.07, 6.45) is 0. The molecule has 3 aromatic rings. The van der Waals surface area contributed by atoms with Crippen molar-refractivity contribution in [3.8, 4) is 11.1 Å². The Morgan fingerprint density at radius 3 is 2.42 bits per heavy atom. The Balaban J connectivity index is 2.48. The van der Waals surface area contributed by atoms with E-state index in [0.29, 0.717) is 23.2 Å². The van der Waals surface area contributed by atoms with Gasteiger partial charge in [0.25, 0.3) is 5.56 Å². The van der Waals surface area contributed by atoms with Gasteiger partial charge in [-0.15, -0.1) is 0 Å². The number of hydrogen-bond donors (Lipinski definition) is 1. The van der Waals surface area contributed by atoms with Crippen molar-refractivity contribution in [2.75, 3.05) is 0 Å². The fraction of sp³-hybridized carbons (Fsp3) is 0.250. The lowest BCUT2D eigenvalue weighted by molar-refractivity contribution is 0.499. The van der Waals surface area contributed by atoms with E-state index in [1.807, 2.05) is 30.3 Å². The summed E-state index contributed by atoms with van der Waals surface area (Å²) >= 11 is 0. The fourth-order valence-electron chi connectivity index (χ4n) is 3.17. The largest absolute Gasteiger partial charge is 0.325 e. The number of pyridine rings is 1. The molecule has 0 radical (unpaired) electrons. The molecule has 124 valence electrons. The van der Waals surface area contributed by atoms with Crippen molar-refractivity contribution in [1.29, 1.82) is 0 Å². The fourth-order valence-corrected chi connectivity index (χ4v) is 3.17. The average molecular weight is 324 g/mol. The molecule has 0 saturated carbocycles. The standard InChI is InChI=1S/C20H21FN2O/c1-13(2)12-23-18(11-22)19(14-6-4-3-5-7-14)17-10-15(21)8-9-16(17)20(23)24/h3-10,13H,11-12,22H2,1-2H3. The molecule has 0 aliphatic rings. The highest BCUT2D eigenvalue weighted by Gasteiger charge is 2.18. The first-order chi connectivity index (χ1) is 11.5. The SMILES string of the molecule is CC(C)Cn1c(CN)c(-c2ccccc2)c2cc(F)ccc2c1=O.